The van der Waals surface area contributed by atoms with Crippen LogP contribution in [0, 0.1) is 5.92 Å². The van der Waals surface area contributed by atoms with E-state index in [4.69, 9.17) is 0 Å². The molecule has 0 aliphatic carbocycles. The molecule has 2 aromatic rings. The highest BCUT2D eigenvalue weighted by Crippen LogP contribution is 2.22. The molecule has 0 bridgehead atoms. The lowest BCUT2D eigenvalue weighted by Gasteiger charge is -2.24. The maximum atomic E-state index is 12.3. The first-order chi connectivity index (χ1) is 11.2. The Morgan fingerprint density at radius 1 is 1.08 bits per heavy atom. The van der Waals surface area contributed by atoms with E-state index >= 15 is 0 Å². The van der Waals surface area contributed by atoms with Gasteiger partial charge in [0.05, 0.1) is 6.04 Å². The lowest BCUT2D eigenvalue weighted by molar-refractivity contribution is -0.126. The molecule has 24 heavy (non-hydrogen) atoms. The summed E-state index contributed by atoms with van der Waals surface area (Å²) in [6.07, 6.45) is 5.45. The van der Waals surface area contributed by atoms with Crippen molar-refractivity contribution in [2.75, 3.05) is 13.1 Å². The van der Waals surface area contributed by atoms with Crippen molar-refractivity contribution in [3.63, 3.8) is 0 Å². The van der Waals surface area contributed by atoms with Crippen LogP contribution in [0.15, 0.2) is 48.8 Å². The number of carbonyl (C=O) groups is 1. The van der Waals surface area contributed by atoms with Gasteiger partial charge in [0.1, 0.15) is 0 Å². The summed E-state index contributed by atoms with van der Waals surface area (Å²) in [5.41, 5.74) is 3.44. The van der Waals surface area contributed by atoms with E-state index in [2.05, 4.69) is 39.9 Å². The van der Waals surface area contributed by atoms with Crippen molar-refractivity contribution in [1.82, 2.24) is 15.6 Å². The minimum absolute atomic E-state index is 0. The number of rotatable bonds is 4. The van der Waals surface area contributed by atoms with Crippen LogP contribution in [-0.4, -0.2) is 24.0 Å². The van der Waals surface area contributed by atoms with E-state index in [9.17, 15) is 4.79 Å². The molecule has 0 radical (unpaired) electrons. The van der Waals surface area contributed by atoms with Gasteiger partial charge in [0.2, 0.25) is 5.91 Å². The van der Waals surface area contributed by atoms with Gasteiger partial charge in [-0.2, -0.15) is 0 Å². The number of amides is 1. The molecule has 2 heterocycles. The van der Waals surface area contributed by atoms with Crippen LogP contribution in [0.1, 0.15) is 31.4 Å². The first kappa shape index (κ1) is 18.4. The van der Waals surface area contributed by atoms with Gasteiger partial charge >= 0.3 is 0 Å². The molecule has 1 unspecified atom stereocenters. The first-order valence-corrected chi connectivity index (χ1v) is 8.25. The van der Waals surface area contributed by atoms with Crippen molar-refractivity contribution in [1.29, 1.82) is 0 Å². The normalized spacial score (nSPS) is 16.0. The molecule has 1 aliphatic heterocycles. The number of piperidine rings is 1. The van der Waals surface area contributed by atoms with Crippen LogP contribution >= 0.6 is 12.4 Å². The fourth-order valence-electron chi connectivity index (χ4n) is 3.01. The summed E-state index contributed by atoms with van der Waals surface area (Å²) in [5, 5.41) is 6.44. The third-order valence-corrected chi connectivity index (χ3v) is 4.49. The average Bonchev–Trinajstić information content (AvgIpc) is 2.63. The maximum absolute atomic E-state index is 12.3. The zero-order valence-electron chi connectivity index (χ0n) is 13.9. The number of pyridine rings is 1. The minimum atomic E-state index is 0. The van der Waals surface area contributed by atoms with Gasteiger partial charge in [0, 0.05) is 18.3 Å². The highest BCUT2D eigenvalue weighted by Gasteiger charge is 2.22. The van der Waals surface area contributed by atoms with Crippen LogP contribution in [0.3, 0.4) is 0 Å². The zero-order valence-corrected chi connectivity index (χ0v) is 14.7. The largest absolute Gasteiger partial charge is 0.349 e. The number of carbonyl (C=O) groups excluding carboxylic acids is 1. The van der Waals surface area contributed by atoms with Gasteiger partial charge in [-0.25, -0.2) is 0 Å². The summed E-state index contributed by atoms with van der Waals surface area (Å²) in [4.78, 5) is 16.4. The van der Waals surface area contributed by atoms with E-state index in [1.807, 2.05) is 19.1 Å². The van der Waals surface area contributed by atoms with Crippen LogP contribution in [0.2, 0.25) is 0 Å². The van der Waals surface area contributed by atoms with Gasteiger partial charge in [0.15, 0.2) is 0 Å². The summed E-state index contributed by atoms with van der Waals surface area (Å²) in [7, 11) is 0. The number of aromatic nitrogens is 1. The highest BCUT2D eigenvalue weighted by molar-refractivity contribution is 5.85. The number of hydrogen-bond acceptors (Lipinski definition) is 3. The summed E-state index contributed by atoms with van der Waals surface area (Å²) in [6, 6.07) is 12.4. The molecule has 1 amide bonds. The SMILES string of the molecule is CC(NC(=O)C1CCNCC1)c1ccc(-c2ccncc2)cc1.Cl. The summed E-state index contributed by atoms with van der Waals surface area (Å²) in [6.45, 7) is 3.92. The number of halogens is 1. The average molecular weight is 346 g/mol. The van der Waals surface area contributed by atoms with Crippen molar-refractivity contribution in [2.45, 2.75) is 25.8 Å². The molecule has 1 aliphatic rings. The summed E-state index contributed by atoms with van der Waals surface area (Å²) < 4.78 is 0. The molecule has 1 aromatic heterocycles. The molecule has 3 rings (SSSR count). The predicted molar refractivity (Wildman–Crippen MR) is 99.1 cm³/mol. The quantitative estimate of drug-likeness (QED) is 0.893. The van der Waals surface area contributed by atoms with Crippen molar-refractivity contribution in [3.8, 4) is 11.1 Å². The third-order valence-electron chi connectivity index (χ3n) is 4.49. The Hall–Kier alpha value is -1.91. The summed E-state index contributed by atoms with van der Waals surface area (Å²) >= 11 is 0. The Morgan fingerprint density at radius 2 is 1.67 bits per heavy atom. The van der Waals surface area contributed by atoms with Gasteiger partial charge < -0.3 is 10.6 Å². The van der Waals surface area contributed by atoms with E-state index < -0.39 is 0 Å². The van der Waals surface area contributed by atoms with Crippen LogP contribution in [-0.2, 0) is 4.79 Å². The lowest BCUT2D eigenvalue weighted by Crippen LogP contribution is -2.39. The molecule has 128 valence electrons. The second kappa shape index (κ2) is 8.81. The topological polar surface area (TPSA) is 54.0 Å². The van der Waals surface area contributed by atoms with Gasteiger partial charge in [-0.15, -0.1) is 12.4 Å². The molecule has 2 N–H and O–H groups in total. The molecule has 1 atom stereocenters. The molecular formula is C19H24ClN3O. The second-order valence-corrected chi connectivity index (χ2v) is 6.11. The predicted octanol–water partition coefficient (Wildman–Crippen LogP) is 3.35. The van der Waals surface area contributed by atoms with Crippen molar-refractivity contribution in [2.24, 2.45) is 5.92 Å². The number of nitrogens with one attached hydrogen (secondary N) is 2. The Labute approximate surface area is 149 Å². The molecule has 5 heteroatoms. The first-order valence-electron chi connectivity index (χ1n) is 8.25. The third kappa shape index (κ3) is 4.56. The highest BCUT2D eigenvalue weighted by atomic mass is 35.5. The van der Waals surface area contributed by atoms with Crippen LogP contribution in [0.5, 0.6) is 0 Å². The number of nitrogens with zero attached hydrogens (tertiary/aromatic N) is 1. The zero-order chi connectivity index (χ0) is 16.1. The van der Waals surface area contributed by atoms with Crippen LogP contribution in [0.4, 0.5) is 0 Å². The second-order valence-electron chi connectivity index (χ2n) is 6.11. The molecule has 1 saturated heterocycles. The van der Waals surface area contributed by atoms with Crippen LogP contribution < -0.4 is 10.6 Å². The fourth-order valence-corrected chi connectivity index (χ4v) is 3.01. The van der Waals surface area contributed by atoms with Crippen LogP contribution in [0.25, 0.3) is 11.1 Å². The van der Waals surface area contributed by atoms with E-state index in [1.165, 1.54) is 0 Å². The number of hydrogen-bond donors (Lipinski definition) is 2. The van der Waals surface area contributed by atoms with E-state index in [0.717, 1.165) is 42.6 Å². The number of benzene rings is 1. The monoisotopic (exact) mass is 345 g/mol. The van der Waals surface area contributed by atoms with E-state index in [-0.39, 0.29) is 30.3 Å². The van der Waals surface area contributed by atoms with Gasteiger partial charge in [-0.3, -0.25) is 9.78 Å². The van der Waals surface area contributed by atoms with Crippen molar-refractivity contribution >= 4 is 18.3 Å². The molecule has 4 nitrogen and oxygen atoms in total. The summed E-state index contributed by atoms with van der Waals surface area (Å²) in [5.74, 6) is 0.326. The van der Waals surface area contributed by atoms with E-state index in [1.54, 1.807) is 12.4 Å². The van der Waals surface area contributed by atoms with Gasteiger partial charge in [0.25, 0.3) is 0 Å². The Balaban J connectivity index is 0.00000208. The lowest BCUT2D eigenvalue weighted by atomic mass is 9.96. The molecular weight excluding hydrogens is 322 g/mol. The molecule has 0 spiro atoms. The smallest absolute Gasteiger partial charge is 0.223 e. The molecule has 1 aromatic carbocycles. The molecule has 0 saturated carbocycles. The minimum Gasteiger partial charge on any atom is -0.349 e. The van der Waals surface area contributed by atoms with Crippen molar-refractivity contribution in [3.05, 3.63) is 54.4 Å². The Kier molecular flexibility index (Phi) is 6.76. The Morgan fingerprint density at radius 3 is 2.29 bits per heavy atom. The van der Waals surface area contributed by atoms with Crippen molar-refractivity contribution < 1.29 is 4.79 Å². The Bertz CT molecular complexity index is 639. The fraction of sp³-hybridized carbons (Fsp3) is 0.368. The van der Waals surface area contributed by atoms with E-state index in [0.29, 0.717) is 0 Å². The molecule has 1 fully saturated rings. The standard InChI is InChI=1S/C19H23N3O.ClH/c1-14(22-19(23)18-8-12-21-13-9-18)15-2-4-16(5-3-15)17-6-10-20-11-7-17;/h2-7,10-11,14,18,21H,8-9,12-13H2,1H3,(H,22,23);1H. The van der Waals surface area contributed by atoms with Gasteiger partial charge in [-0.05, 0) is 61.7 Å². The van der Waals surface area contributed by atoms with Gasteiger partial charge in [-0.1, -0.05) is 24.3 Å². The maximum Gasteiger partial charge on any atom is 0.223 e.